The quantitative estimate of drug-likeness (QED) is 0.430. The summed E-state index contributed by atoms with van der Waals surface area (Å²) in [6.07, 6.45) is 7.20. The van der Waals surface area contributed by atoms with Crippen LogP contribution in [0.5, 0.6) is 0 Å². The predicted molar refractivity (Wildman–Crippen MR) is 149 cm³/mol. The normalized spacial score (nSPS) is 21.1. The van der Waals surface area contributed by atoms with E-state index in [0.717, 1.165) is 57.7 Å². The molecule has 37 heavy (non-hydrogen) atoms. The Morgan fingerprint density at radius 3 is 2.54 bits per heavy atom. The second-order valence-electron chi connectivity index (χ2n) is 11.6. The summed E-state index contributed by atoms with van der Waals surface area (Å²) >= 11 is 0. The van der Waals surface area contributed by atoms with Gasteiger partial charge in [-0.2, -0.15) is 0 Å². The molecule has 0 bridgehead atoms. The van der Waals surface area contributed by atoms with E-state index in [1.807, 2.05) is 51.2 Å². The van der Waals surface area contributed by atoms with Crippen LogP contribution in [0.3, 0.4) is 0 Å². The zero-order valence-corrected chi connectivity index (χ0v) is 22.4. The third kappa shape index (κ3) is 5.99. The van der Waals surface area contributed by atoms with E-state index in [-0.39, 0.29) is 12.5 Å². The number of piperidine rings is 2. The standard InChI is InChI=1S/C28H41N7O2/c1-27(2,19-36)33-23-10-9-21(25(31-23)34-16-13-28(11-12-28)14-17-34)26(37)32-22-7-4-8-24(30-22)35-15-5-6-20(18-35)29-3/h4,7-10,20,29,36H,5-6,11-19H2,1-3H3,(H,31,33)(H,30,32,37). The van der Waals surface area contributed by atoms with Gasteiger partial charge in [-0.05, 0) is 89.1 Å². The molecule has 1 amide bonds. The number of hydrogen-bond acceptors (Lipinski definition) is 8. The van der Waals surface area contributed by atoms with Crippen LogP contribution in [-0.4, -0.2) is 72.4 Å². The number of carbonyl (C=O) groups excluding carboxylic acids is 1. The van der Waals surface area contributed by atoms with Crippen LogP contribution in [0.2, 0.25) is 0 Å². The van der Waals surface area contributed by atoms with Crippen molar-refractivity contribution in [3.8, 4) is 0 Å². The number of anilines is 4. The van der Waals surface area contributed by atoms with Crippen molar-refractivity contribution in [3.63, 3.8) is 0 Å². The highest BCUT2D eigenvalue weighted by Gasteiger charge is 2.45. The number of aliphatic hydroxyl groups is 1. The van der Waals surface area contributed by atoms with Crippen LogP contribution < -0.4 is 25.8 Å². The molecule has 1 unspecified atom stereocenters. The number of hydrogen-bond donors (Lipinski definition) is 4. The van der Waals surface area contributed by atoms with Crippen molar-refractivity contribution in [3.05, 3.63) is 35.9 Å². The van der Waals surface area contributed by atoms with E-state index in [2.05, 4.69) is 25.8 Å². The fraction of sp³-hybridized carbons (Fsp3) is 0.607. The van der Waals surface area contributed by atoms with Gasteiger partial charge in [0.25, 0.3) is 5.91 Å². The van der Waals surface area contributed by atoms with Gasteiger partial charge in [0.15, 0.2) is 0 Å². The molecule has 3 fully saturated rings. The molecule has 9 nitrogen and oxygen atoms in total. The summed E-state index contributed by atoms with van der Waals surface area (Å²) in [5.41, 5.74) is 0.553. The van der Waals surface area contributed by atoms with Gasteiger partial charge in [-0.3, -0.25) is 4.79 Å². The van der Waals surface area contributed by atoms with Gasteiger partial charge < -0.3 is 30.9 Å². The lowest BCUT2D eigenvalue weighted by molar-refractivity contribution is 0.102. The lowest BCUT2D eigenvalue weighted by Gasteiger charge is -2.34. The second kappa shape index (κ2) is 10.5. The molecule has 0 aromatic carbocycles. The molecule has 3 aliphatic rings. The first-order valence-corrected chi connectivity index (χ1v) is 13.7. The Bertz CT molecular complexity index is 1110. The third-order valence-electron chi connectivity index (χ3n) is 8.19. The summed E-state index contributed by atoms with van der Waals surface area (Å²) in [4.78, 5) is 27.7. The summed E-state index contributed by atoms with van der Waals surface area (Å²) < 4.78 is 0. The number of likely N-dealkylation sites (N-methyl/N-ethyl adjacent to an activating group) is 1. The first-order chi connectivity index (χ1) is 17.8. The molecule has 1 aliphatic carbocycles. The van der Waals surface area contributed by atoms with Crippen LogP contribution in [-0.2, 0) is 0 Å². The molecular formula is C28H41N7O2. The lowest BCUT2D eigenvalue weighted by Crippen LogP contribution is -2.44. The maximum atomic E-state index is 13.6. The van der Waals surface area contributed by atoms with Crippen molar-refractivity contribution in [1.82, 2.24) is 15.3 Å². The van der Waals surface area contributed by atoms with E-state index in [1.165, 1.54) is 12.8 Å². The van der Waals surface area contributed by atoms with Gasteiger partial charge in [-0.1, -0.05) is 6.07 Å². The minimum atomic E-state index is -0.515. The molecule has 2 saturated heterocycles. The minimum Gasteiger partial charge on any atom is -0.394 e. The van der Waals surface area contributed by atoms with Gasteiger partial charge in [0, 0.05) is 32.2 Å². The molecular weight excluding hydrogens is 466 g/mol. The summed E-state index contributed by atoms with van der Waals surface area (Å²) in [7, 11) is 2.00. The first-order valence-electron chi connectivity index (χ1n) is 13.7. The molecule has 1 saturated carbocycles. The maximum absolute atomic E-state index is 13.6. The molecule has 4 N–H and O–H groups in total. The van der Waals surface area contributed by atoms with E-state index < -0.39 is 5.54 Å². The number of carbonyl (C=O) groups is 1. The van der Waals surface area contributed by atoms with Crippen molar-refractivity contribution in [2.24, 2.45) is 5.41 Å². The van der Waals surface area contributed by atoms with Crippen molar-refractivity contribution in [1.29, 1.82) is 0 Å². The zero-order valence-electron chi connectivity index (χ0n) is 22.4. The van der Waals surface area contributed by atoms with Gasteiger partial charge >= 0.3 is 0 Å². The number of nitrogens with zero attached hydrogens (tertiary/aromatic N) is 4. The van der Waals surface area contributed by atoms with Crippen molar-refractivity contribution < 1.29 is 9.90 Å². The van der Waals surface area contributed by atoms with Crippen molar-refractivity contribution in [2.75, 3.05) is 60.3 Å². The number of rotatable bonds is 8. The number of pyridine rings is 2. The Labute approximate surface area is 220 Å². The Kier molecular flexibility index (Phi) is 7.27. The highest BCUT2D eigenvalue weighted by Crippen LogP contribution is 2.54. The van der Waals surface area contributed by atoms with Gasteiger partial charge in [-0.25, -0.2) is 9.97 Å². The summed E-state index contributed by atoms with van der Waals surface area (Å²) in [6, 6.07) is 9.89. The number of nitrogens with one attached hydrogen (secondary N) is 3. The van der Waals surface area contributed by atoms with Gasteiger partial charge in [-0.15, -0.1) is 0 Å². The SMILES string of the molecule is CNC1CCCN(c2cccc(NC(=O)c3ccc(NC(C)(C)CO)nc3N3CCC4(CC3)CC4)n2)C1. The third-order valence-corrected chi connectivity index (χ3v) is 8.19. The summed E-state index contributed by atoms with van der Waals surface area (Å²) in [5.74, 6) is 2.56. The van der Waals surface area contributed by atoms with E-state index in [4.69, 9.17) is 9.97 Å². The van der Waals surface area contributed by atoms with Crippen molar-refractivity contribution >= 4 is 29.2 Å². The minimum absolute atomic E-state index is 0.0213. The van der Waals surface area contributed by atoms with Crippen LogP contribution >= 0.6 is 0 Å². The molecule has 5 rings (SSSR count). The molecule has 0 radical (unpaired) electrons. The fourth-order valence-corrected chi connectivity index (χ4v) is 5.47. The number of aliphatic hydroxyl groups excluding tert-OH is 1. The van der Waals surface area contributed by atoms with Gasteiger partial charge in [0.2, 0.25) is 0 Å². The monoisotopic (exact) mass is 507 g/mol. The van der Waals surface area contributed by atoms with Gasteiger partial charge in [0.05, 0.1) is 17.7 Å². The summed E-state index contributed by atoms with van der Waals surface area (Å²) in [6.45, 7) is 7.49. The first kappa shape index (κ1) is 25.7. The van der Waals surface area contributed by atoms with Gasteiger partial charge in [0.1, 0.15) is 23.3 Å². The Morgan fingerprint density at radius 2 is 1.84 bits per heavy atom. The molecule has 2 aromatic rings. The van der Waals surface area contributed by atoms with Crippen LogP contribution in [0.25, 0.3) is 0 Å². The molecule has 2 aromatic heterocycles. The lowest BCUT2D eigenvalue weighted by atomic mass is 9.93. The highest BCUT2D eigenvalue weighted by molar-refractivity contribution is 6.07. The van der Waals surface area contributed by atoms with E-state index in [0.29, 0.717) is 34.5 Å². The van der Waals surface area contributed by atoms with Crippen LogP contribution in [0.15, 0.2) is 30.3 Å². The summed E-state index contributed by atoms with van der Waals surface area (Å²) in [5, 5.41) is 19.4. The number of aromatic nitrogens is 2. The van der Waals surface area contributed by atoms with Crippen molar-refractivity contribution in [2.45, 2.75) is 64.0 Å². The average molecular weight is 508 g/mol. The molecule has 200 valence electrons. The topological polar surface area (TPSA) is 106 Å². The van der Waals surface area contributed by atoms with Crippen LogP contribution in [0, 0.1) is 5.41 Å². The number of amides is 1. The molecule has 9 heteroatoms. The Hall–Kier alpha value is -2.91. The maximum Gasteiger partial charge on any atom is 0.260 e. The largest absolute Gasteiger partial charge is 0.394 e. The Morgan fingerprint density at radius 1 is 1.05 bits per heavy atom. The van der Waals surface area contributed by atoms with Crippen LogP contribution in [0.1, 0.15) is 62.7 Å². The smallest absolute Gasteiger partial charge is 0.260 e. The average Bonchev–Trinajstić information content (AvgIpc) is 3.67. The second-order valence-corrected chi connectivity index (χ2v) is 11.6. The molecule has 4 heterocycles. The predicted octanol–water partition coefficient (Wildman–Crippen LogP) is 3.48. The molecule has 2 aliphatic heterocycles. The molecule has 1 spiro atoms. The van der Waals surface area contributed by atoms with E-state index in [1.54, 1.807) is 0 Å². The van der Waals surface area contributed by atoms with E-state index in [9.17, 15) is 9.90 Å². The molecule has 1 atom stereocenters. The Balaban J connectivity index is 1.36. The zero-order chi connectivity index (χ0) is 26.0. The van der Waals surface area contributed by atoms with E-state index >= 15 is 0 Å². The van der Waals surface area contributed by atoms with Crippen LogP contribution in [0.4, 0.5) is 23.3 Å². The highest BCUT2D eigenvalue weighted by atomic mass is 16.3. The fourth-order valence-electron chi connectivity index (χ4n) is 5.47.